The number of nitrogens with zero attached hydrogens (tertiary/aromatic N) is 1. The first-order valence-electron chi connectivity index (χ1n) is 13.0. The Bertz CT molecular complexity index is 997. The number of unbranched alkanes of at least 4 members (excludes halogenated alkanes) is 1. The summed E-state index contributed by atoms with van der Waals surface area (Å²) in [5.41, 5.74) is 5.09. The number of thioether (sulfide) groups is 1. The second kappa shape index (κ2) is 16.2. The zero-order valence-corrected chi connectivity index (χ0v) is 23.7. The van der Waals surface area contributed by atoms with Crippen LogP contribution in [0.25, 0.3) is 0 Å². The van der Waals surface area contributed by atoms with Crippen molar-refractivity contribution in [2.45, 2.75) is 60.0 Å². The maximum atomic E-state index is 13.2. The lowest BCUT2D eigenvalue weighted by Gasteiger charge is -2.24. The molecule has 0 aliphatic carbocycles. The van der Waals surface area contributed by atoms with Crippen LogP contribution in [0.5, 0.6) is 5.75 Å². The van der Waals surface area contributed by atoms with Gasteiger partial charge in [-0.3, -0.25) is 0 Å². The fraction of sp³-hybridized carbons (Fsp3) is 0.517. The van der Waals surface area contributed by atoms with Crippen LogP contribution in [0.3, 0.4) is 0 Å². The smallest absolute Gasteiger partial charge is 0.333 e. The molecule has 0 fully saturated rings. The topological polar surface area (TPSA) is 88.1 Å². The number of aryl methyl sites for hydroxylation is 3. The molecule has 0 heterocycles. The number of rotatable bonds is 16. The van der Waals surface area contributed by atoms with E-state index in [-0.39, 0.29) is 6.03 Å². The first-order valence-corrected chi connectivity index (χ1v) is 14.2. The Morgan fingerprint density at radius 3 is 2.35 bits per heavy atom. The summed E-state index contributed by atoms with van der Waals surface area (Å²) in [5.74, 6) is 1.68. The Morgan fingerprint density at radius 1 is 1.00 bits per heavy atom. The van der Waals surface area contributed by atoms with Gasteiger partial charge in [0.1, 0.15) is 12.4 Å². The molecule has 2 aromatic carbocycles. The first-order chi connectivity index (χ1) is 17.7. The third-order valence-corrected chi connectivity index (χ3v) is 7.18. The quantitative estimate of drug-likeness (QED) is 0.255. The lowest BCUT2D eigenvalue weighted by molar-refractivity contribution is -0.149. The first kappa shape index (κ1) is 30.5. The second-order valence-electron chi connectivity index (χ2n) is 9.11. The number of hydrogen-bond acceptors (Lipinski definition) is 5. The summed E-state index contributed by atoms with van der Waals surface area (Å²) < 4.78 is 11.2. The maximum absolute atomic E-state index is 13.2. The van der Waals surface area contributed by atoms with Crippen molar-refractivity contribution in [3.63, 3.8) is 0 Å². The van der Waals surface area contributed by atoms with Crippen molar-refractivity contribution in [2.24, 2.45) is 0 Å². The number of amides is 2. The predicted molar refractivity (Wildman–Crippen MR) is 152 cm³/mol. The van der Waals surface area contributed by atoms with E-state index in [2.05, 4.69) is 25.2 Å². The fourth-order valence-electron chi connectivity index (χ4n) is 3.76. The van der Waals surface area contributed by atoms with Crippen molar-refractivity contribution in [3.05, 3.63) is 58.7 Å². The van der Waals surface area contributed by atoms with Gasteiger partial charge in [0.2, 0.25) is 0 Å². The third-order valence-electron chi connectivity index (χ3n) is 6.13. The van der Waals surface area contributed by atoms with Crippen LogP contribution in [0.15, 0.2) is 36.4 Å². The van der Waals surface area contributed by atoms with Crippen molar-refractivity contribution < 1.29 is 24.2 Å². The number of hydrogen-bond donors (Lipinski definition) is 2. The van der Waals surface area contributed by atoms with Gasteiger partial charge in [-0.25, -0.2) is 9.59 Å². The molecule has 7 nitrogen and oxygen atoms in total. The number of carbonyl (C=O) groups is 2. The molecule has 2 rings (SSSR count). The van der Waals surface area contributed by atoms with Gasteiger partial charge >= 0.3 is 12.0 Å². The van der Waals surface area contributed by atoms with Crippen molar-refractivity contribution in [3.8, 4) is 5.75 Å². The summed E-state index contributed by atoms with van der Waals surface area (Å²) >= 11 is 1.86. The highest BCUT2D eigenvalue weighted by Crippen LogP contribution is 2.21. The number of carboxylic acids is 1. The summed E-state index contributed by atoms with van der Waals surface area (Å²) in [6, 6.07) is 11.3. The minimum absolute atomic E-state index is 0.128. The minimum Gasteiger partial charge on any atom is -0.492 e. The molecule has 2 amide bonds. The number of urea groups is 1. The third kappa shape index (κ3) is 10.7. The van der Waals surface area contributed by atoms with Crippen LogP contribution < -0.4 is 10.1 Å². The highest BCUT2D eigenvalue weighted by molar-refractivity contribution is 7.99. The van der Waals surface area contributed by atoms with Gasteiger partial charge in [0.25, 0.3) is 0 Å². The summed E-state index contributed by atoms with van der Waals surface area (Å²) in [4.78, 5) is 26.3. The van der Waals surface area contributed by atoms with E-state index in [1.807, 2.05) is 60.8 Å². The standard InChI is InChI=1S/C29H42N2O5S/c1-6-8-16-37-17-14-31(29(34)30-26-19-22(4)21(3)18-23(26)5)13-15-36-25-11-9-24(10-12-25)20-27(28(32)33)35-7-2/h9-12,18-19,27H,6-8,13-17,20H2,1-5H3,(H,30,34)(H,32,33). The lowest BCUT2D eigenvalue weighted by atomic mass is 10.1. The molecule has 8 heteroatoms. The van der Waals surface area contributed by atoms with E-state index >= 15 is 0 Å². The van der Waals surface area contributed by atoms with Gasteiger partial charge in [-0.1, -0.05) is 31.5 Å². The molecule has 37 heavy (non-hydrogen) atoms. The van der Waals surface area contributed by atoms with Crippen LogP contribution in [-0.4, -0.2) is 65.9 Å². The number of anilines is 1. The van der Waals surface area contributed by atoms with E-state index in [0.717, 1.165) is 33.9 Å². The number of benzene rings is 2. The second-order valence-corrected chi connectivity index (χ2v) is 10.3. The Hall–Kier alpha value is -2.71. The summed E-state index contributed by atoms with van der Waals surface area (Å²) in [6.07, 6.45) is 1.78. The molecule has 2 N–H and O–H groups in total. The van der Waals surface area contributed by atoms with Gasteiger partial charge in [0, 0.05) is 31.0 Å². The Balaban J connectivity index is 1.96. The molecule has 1 atom stereocenters. The van der Waals surface area contributed by atoms with Crippen LogP contribution in [0.2, 0.25) is 0 Å². The number of ether oxygens (including phenoxy) is 2. The molecule has 0 aliphatic rings. The van der Waals surface area contributed by atoms with Crippen molar-refractivity contribution in [1.82, 2.24) is 4.90 Å². The van der Waals surface area contributed by atoms with Crippen LogP contribution in [0.1, 0.15) is 48.9 Å². The van der Waals surface area contributed by atoms with Gasteiger partial charge in [0.05, 0.1) is 6.54 Å². The van der Waals surface area contributed by atoms with E-state index in [1.54, 1.807) is 6.92 Å². The van der Waals surface area contributed by atoms with Crippen molar-refractivity contribution in [2.75, 3.05) is 43.1 Å². The Labute approximate surface area is 225 Å². The van der Waals surface area contributed by atoms with Gasteiger partial charge < -0.3 is 24.8 Å². The van der Waals surface area contributed by atoms with E-state index in [9.17, 15) is 14.7 Å². The average Bonchev–Trinajstić information content (AvgIpc) is 2.86. The minimum atomic E-state index is -0.968. The monoisotopic (exact) mass is 530 g/mol. The van der Waals surface area contributed by atoms with E-state index < -0.39 is 12.1 Å². The largest absolute Gasteiger partial charge is 0.492 e. The summed E-state index contributed by atoms with van der Waals surface area (Å²) in [5, 5.41) is 12.4. The van der Waals surface area contributed by atoms with Gasteiger partial charge in [-0.05, 0) is 80.3 Å². The molecule has 0 aromatic heterocycles. The van der Waals surface area contributed by atoms with E-state index in [1.165, 1.54) is 18.4 Å². The van der Waals surface area contributed by atoms with Crippen LogP contribution in [0.4, 0.5) is 10.5 Å². The zero-order valence-electron chi connectivity index (χ0n) is 22.8. The Morgan fingerprint density at radius 2 is 1.70 bits per heavy atom. The van der Waals surface area contributed by atoms with Crippen LogP contribution >= 0.6 is 11.8 Å². The SMILES string of the molecule is CCCCSCCN(CCOc1ccc(CC(OCC)C(=O)O)cc1)C(=O)Nc1cc(C)c(C)cc1C. The van der Waals surface area contributed by atoms with E-state index in [4.69, 9.17) is 9.47 Å². The molecule has 0 aliphatic heterocycles. The van der Waals surface area contributed by atoms with Gasteiger partial charge in [0.15, 0.2) is 6.10 Å². The van der Waals surface area contributed by atoms with Crippen LogP contribution in [-0.2, 0) is 16.0 Å². The lowest BCUT2D eigenvalue weighted by Crippen LogP contribution is -2.39. The summed E-state index contributed by atoms with van der Waals surface area (Å²) in [6.45, 7) is 11.9. The molecule has 204 valence electrons. The van der Waals surface area contributed by atoms with Crippen LogP contribution in [0, 0.1) is 20.8 Å². The molecular weight excluding hydrogens is 488 g/mol. The fourth-order valence-corrected chi connectivity index (χ4v) is 4.80. The molecule has 0 radical (unpaired) electrons. The highest BCUT2D eigenvalue weighted by Gasteiger charge is 2.18. The van der Waals surface area contributed by atoms with Crippen molar-refractivity contribution in [1.29, 1.82) is 0 Å². The number of nitrogens with one attached hydrogen (secondary N) is 1. The molecule has 0 bridgehead atoms. The predicted octanol–water partition coefficient (Wildman–Crippen LogP) is 6.09. The number of carbonyl (C=O) groups excluding carboxylic acids is 1. The molecule has 0 saturated carbocycles. The number of carboxylic acid groups (broad SMARTS) is 1. The zero-order chi connectivity index (χ0) is 27.2. The molecule has 0 spiro atoms. The molecule has 2 aromatic rings. The average molecular weight is 531 g/mol. The summed E-state index contributed by atoms with van der Waals surface area (Å²) in [7, 11) is 0. The van der Waals surface area contributed by atoms with Gasteiger partial charge in [-0.15, -0.1) is 0 Å². The molecule has 1 unspecified atom stereocenters. The van der Waals surface area contributed by atoms with Gasteiger partial charge in [-0.2, -0.15) is 11.8 Å². The number of aliphatic carboxylic acids is 1. The highest BCUT2D eigenvalue weighted by atomic mass is 32.2. The Kier molecular flexibility index (Phi) is 13.4. The molecular formula is C29H42N2O5S. The van der Waals surface area contributed by atoms with Crippen molar-refractivity contribution >= 4 is 29.4 Å². The molecule has 0 saturated heterocycles. The normalized spacial score (nSPS) is 11.7. The maximum Gasteiger partial charge on any atom is 0.333 e. The van der Waals surface area contributed by atoms with E-state index in [0.29, 0.717) is 38.5 Å².